The molecule has 4 aromatic rings. The van der Waals surface area contributed by atoms with E-state index in [-0.39, 0.29) is 25.7 Å². The molecule has 16 heteroatoms. The molecule has 0 fully saturated rings. The van der Waals surface area contributed by atoms with Crippen molar-refractivity contribution >= 4 is 23.9 Å². The van der Waals surface area contributed by atoms with Crippen molar-refractivity contribution in [3.05, 3.63) is 93.0 Å². The normalized spacial score (nSPS) is 16.2. The molecule has 0 N–H and O–H groups in total. The zero-order chi connectivity index (χ0) is 53.1. The lowest BCUT2D eigenvalue weighted by Crippen LogP contribution is -2.21. The van der Waals surface area contributed by atoms with Crippen molar-refractivity contribution in [3.63, 3.8) is 0 Å². The minimum absolute atomic E-state index is 0.220. The molecule has 4 aromatic carbocycles. The van der Waals surface area contributed by atoms with Crippen LogP contribution in [0.25, 0.3) is 0 Å². The van der Waals surface area contributed by atoms with Crippen LogP contribution in [-0.2, 0) is 38.1 Å². The standard InChI is InChI=1S/C56H72O16/c1-29(2)69-53(57)21-33-37-17-39(47(63-11)25-45(37)61-9)34(22-54(58)70-30(3)4)41-19-43(51(67-15)27-49(41)65-13)36(24-56(60)72-32(7)8)44-20-42(50(66-14)28-52(44)68-16)35(23-55(59)71-31(5)6)40-18-38(33)46(62-10)26-48(40)64-12/h17-20,25-36H,21-24H2,1-16H3. The number of hydrogen-bond acceptors (Lipinski definition) is 16. The molecule has 72 heavy (non-hydrogen) atoms. The third kappa shape index (κ3) is 13.0. The van der Waals surface area contributed by atoms with E-state index < -0.39 is 72.0 Å². The van der Waals surface area contributed by atoms with Gasteiger partial charge < -0.3 is 56.8 Å². The Balaban J connectivity index is 2.15. The number of carbonyl (C=O) groups excluding carboxylic acids is 4. The van der Waals surface area contributed by atoms with E-state index in [1.807, 2.05) is 24.3 Å². The first kappa shape index (κ1) is 56.1. The lowest BCUT2D eigenvalue weighted by molar-refractivity contribution is -0.148. The zero-order valence-corrected chi connectivity index (χ0v) is 44.6. The van der Waals surface area contributed by atoms with Crippen LogP contribution < -0.4 is 37.9 Å². The Morgan fingerprint density at radius 2 is 0.431 bits per heavy atom. The number of rotatable bonds is 20. The Labute approximate surface area is 423 Å². The van der Waals surface area contributed by atoms with Crippen molar-refractivity contribution in [2.75, 3.05) is 56.9 Å². The van der Waals surface area contributed by atoms with Gasteiger partial charge in [-0.3, -0.25) is 19.2 Å². The van der Waals surface area contributed by atoms with Gasteiger partial charge in [0.05, 0.1) is 107 Å². The minimum atomic E-state index is -0.882. The van der Waals surface area contributed by atoms with Crippen LogP contribution in [0.3, 0.4) is 0 Å². The molecule has 0 unspecified atom stereocenters. The monoisotopic (exact) mass is 1000 g/mol. The summed E-state index contributed by atoms with van der Waals surface area (Å²) in [7, 11) is 12.1. The third-order valence-electron chi connectivity index (χ3n) is 12.3. The summed E-state index contributed by atoms with van der Waals surface area (Å²) >= 11 is 0. The SMILES string of the molecule is COc1cc(OC)c2cc1C(CC(=O)OC(C)C)c1cc(c(OC)cc1OC)C(CC(=O)OC(C)C)c1cc(c(OC)cc1OC)C(CC(=O)OC(C)C)c1cc(c(OC)cc1OC)C2CC(=O)OC(C)C. The number of hydrogen-bond donors (Lipinski definition) is 0. The molecule has 0 amide bonds. The molecule has 0 saturated heterocycles. The molecule has 392 valence electrons. The maximum atomic E-state index is 14.2. The average Bonchev–Trinajstić information content (AvgIpc) is 3.33. The van der Waals surface area contributed by atoms with Crippen LogP contribution in [0.1, 0.15) is 149 Å². The maximum Gasteiger partial charge on any atom is 0.307 e. The summed E-state index contributed by atoms with van der Waals surface area (Å²) in [5.74, 6) is -2.91. The largest absolute Gasteiger partial charge is 0.496 e. The summed E-state index contributed by atoms with van der Waals surface area (Å²) in [6.45, 7) is 14.1. The molecule has 16 nitrogen and oxygen atoms in total. The maximum absolute atomic E-state index is 14.2. The molecule has 8 bridgehead atoms. The van der Waals surface area contributed by atoms with Crippen LogP contribution >= 0.6 is 0 Å². The molecule has 0 heterocycles. The minimum Gasteiger partial charge on any atom is -0.496 e. The molecule has 0 aromatic heterocycles. The number of benzene rings is 4. The number of esters is 4. The topological polar surface area (TPSA) is 179 Å². The van der Waals surface area contributed by atoms with Gasteiger partial charge in [-0.25, -0.2) is 0 Å². The quantitative estimate of drug-likeness (QED) is 0.0603. The van der Waals surface area contributed by atoms with Crippen LogP contribution in [0.2, 0.25) is 0 Å². The first-order chi connectivity index (χ1) is 34.2. The van der Waals surface area contributed by atoms with Crippen molar-refractivity contribution in [3.8, 4) is 46.0 Å². The van der Waals surface area contributed by atoms with E-state index in [4.69, 9.17) is 56.8 Å². The van der Waals surface area contributed by atoms with E-state index in [1.54, 1.807) is 79.7 Å². The summed E-state index contributed by atoms with van der Waals surface area (Å²) in [6.07, 6.45) is -2.70. The summed E-state index contributed by atoms with van der Waals surface area (Å²) < 4.78 is 72.5. The molecule has 0 spiro atoms. The molecular formula is C56H72O16. The van der Waals surface area contributed by atoms with E-state index in [1.165, 1.54) is 56.9 Å². The first-order valence-electron chi connectivity index (χ1n) is 24.1. The molecule has 1 aliphatic carbocycles. The average molecular weight is 1000 g/mol. The van der Waals surface area contributed by atoms with E-state index in [9.17, 15) is 19.2 Å². The van der Waals surface area contributed by atoms with Gasteiger partial charge in [0.1, 0.15) is 46.0 Å². The number of methoxy groups -OCH3 is 8. The Hall–Kier alpha value is -6.84. The van der Waals surface area contributed by atoms with Crippen LogP contribution in [0.4, 0.5) is 0 Å². The Bertz CT molecular complexity index is 2100. The highest BCUT2D eigenvalue weighted by Crippen LogP contribution is 2.53. The lowest BCUT2D eigenvalue weighted by Gasteiger charge is -2.31. The highest BCUT2D eigenvalue weighted by atomic mass is 16.6. The van der Waals surface area contributed by atoms with Crippen molar-refractivity contribution < 1.29 is 76.0 Å². The molecule has 0 aliphatic heterocycles. The van der Waals surface area contributed by atoms with Crippen LogP contribution in [-0.4, -0.2) is 105 Å². The third-order valence-corrected chi connectivity index (χ3v) is 12.3. The van der Waals surface area contributed by atoms with Crippen LogP contribution in [0.15, 0.2) is 48.5 Å². The van der Waals surface area contributed by atoms with Crippen LogP contribution in [0, 0.1) is 0 Å². The smallest absolute Gasteiger partial charge is 0.307 e. The fourth-order valence-electron chi connectivity index (χ4n) is 9.44. The fraction of sp³-hybridized carbons (Fsp3) is 0.500. The number of ether oxygens (including phenoxy) is 12. The second-order valence-electron chi connectivity index (χ2n) is 18.5. The number of fused-ring (bicyclic) bond motifs is 8. The lowest BCUT2D eigenvalue weighted by atomic mass is 9.77. The Kier molecular flexibility index (Phi) is 19.5. The van der Waals surface area contributed by atoms with Gasteiger partial charge >= 0.3 is 23.9 Å². The van der Waals surface area contributed by atoms with Crippen molar-refractivity contribution in [1.29, 1.82) is 0 Å². The van der Waals surface area contributed by atoms with Crippen molar-refractivity contribution in [2.45, 2.75) is 129 Å². The Morgan fingerprint density at radius 3 is 0.542 bits per heavy atom. The Morgan fingerprint density at radius 1 is 0.292 bits per heavy atom. The first-order valence-corrected chi connectivity index (χ1v) is 24.1. The van der Waals surface area contributed by atoms with Gasteiger partial charge in [0, 0.05) is 92.4 Å². The second-order valence-corrected chi connectivity index (χ2v) is 18.5. The van der Waals surface area contributed by atoms with E-state index in [0.29, 0.717) is 90.5 Å². The molecule has 0 atom stereocenters. The van der Waals surface area contributed by atoms with Gasteiger partial charge in [0.25, 0.3) is 0 Å². The van der Waals surface area contributed by atoms with Crippen molar-refractivity contribution in [1.82, 2.24) is 0 Å². The summed E-state index contributed by atoms with van der Waals surface area (Å²) in [5, 5.41) is 0. The summed E-state index contributed by atoms with van der Waals surface area (Å²) in [5.41, 5.74) is 4.00. The van der Waals surface area contributed by atoms with E-state index in [0.717, 1.165) is 0 Å². The summed E-state index contributed by atoms with van der Waals surface area (Å²) in [6, 6.07) is 14.2. The molecule has 0 saturated carbocycles. The van der Waals surface area contributed by atoms with Gasteiger partial charge in [-0.05, 0) is 79.7 Å². The molecular weight excluding hydrogens is 929 g/mol. The van der Waals surface area contributed by atoms with E-state index in [2.05, 4.69) is 0 Å². The molecule has 5 rings (SSSR count). The van der Waals surface area contributed by atoms with Gasteiger partial charge in [-0.1, -0.05) is 0 Å². The van der Waals surface area contributed by atoms with Crippen LogP contribution in [0.5, 0.6) is 46.0 Å². The van der Waals surface area contributed by atoms with Crippen molar-refractivity contribution in [2.24, 2.45) is 0 Å². The predicted molar refractivity (Wildman–Crippen MR) is 269 cm³/mol. The van der Waals surface area contributed by atoms with Gasteiger partial charge in [0.2, 0.25) is 0 Å². The van der Waals surface area contributed by atoms with E-state index >= 15 is 0 Å². The van der Waals surface area contributed by atoms with Gasteiger partial charge in [-0.15, -0.1) is 0 Å². The van der Waals surface area contributed by atoms with Gasteiger partial charge in [0.15, 0.2) is 0 Å². The predicted octanol–water partition coefficient (Wildman–Crippen LogP) is 9.96. The molecule has 0 radical (unpaired) electrons. The highest BCUT2D eigenvalue weighted by molar-refractivity contribution is 5.77. The molecule has 1 aliphatic rings. The van der Waals surface area contributed by atoms with Gasteiger partial charge in [-0.2, -0.15) is 0 Å². The highest BCUT2D eigenvalue weighted by Gasteiger charge is 2.38. The number of carbonyl (C=O) groups is 4. The second kappa shape index (κ2) is 25.0. The fourth-order valence-corrected chi connectivity index (χ4v) is 9.44. The summed E-state index contributed by atoms with van der Waals surface area (Å²) in [4.78, 5) is 56.7. The zero-order valence-electron chi connectivity index (χ0n) is 44.6.